The third-order valence-corrected chi connectivity index (χ3v) is 5.05. The Balaban J connectivity index is 1.63. The third kappa shape index (κ3) is 3.58. The Morgan fingerprint density at radius 3 is 2.58 bits per heavy atom. The number of hydrogen-bond acceptors (Lipinski definition) is 4. The van der Waals surface area contributed by atoms with Crippen molar-refractivity contribution < 1.29 is 13.2 Å². The first kappa shape index (κ1) is 16.5. The second-order valence-electron chi connectivity index (χ2n) is 5.14. The summed E-state index contributed by atoms with van der Waals surface area (Å²) in [7, 11) is -3.55. The molecule has 0 aromatic heterocycles. The minimum Gasteiger partial charge on any atom is -0.326 e. The molecule has 0 bridgehead atoms. The first-order valence-corrected chi connectivity index (χ1v) is 9.04. The van der Waals surface area contributed by atoms with Crippen molar-refractivity contribution in [3.8, 4) is 0 Å². The van der Waals surface area contributed by atoms with E-state index in [0.717, 1.165) is 0 Å². The number of benzene rings is 2. The number of aliphatic imine (C=N–C) groups is 1. The van der Waals surface area contributed by atoms with Crippen molar-refractivity contribution in [1.82, 2.24) is 4.72 Å². The summed E-state index contributed by atoms with van der Waals surface area (Å²) in [6.07, 6.45) is 0.135. The Labute approximate surface area is 144 Å². The lowest BCUT2D eigenvalue weighted by atomic mass is 10.2. The highest BCUT2D eigenvalue weighted by molar-refractivity contribution is 7.90. The molecule has 124 valence electrons. The molecule has 2 aromatic rings. The number of sulfonamides is 1. The molecule has 0 unspecified atom stereocenters. The predicted molar refractivity (Wildman–Crippen MR) is 92.9 cm³/mol. The maximum Gasteiger partial charge on any atom is 0.263 e. The lowest BCUT2D eigenvalue weighted by Crippen LogP contribution is -2.23. The number of amides is 1. The molecule has 1 heterocycles. The van der Waals surface area contributed by atoms with Gasteiger partial charge in [0.05, 0.1) is 11.4 Å². The van der Waals surface area contributed by atoms with Crippen LogP contribution in [0.4, 0.5) is 5.69 Å². The highest BCUT2D eigenvalue weighted by atomic mass is 35.5. The fraction of sp³-hybridized carbons (Fsp3) is 0.125. The highest BCUT2D eigenvalue weighted by Gasteiger charge is 2.29. The first-order chi connectivity index (χ1) is 11.5. The van der Waals surface area contributed by atoms with Crippen molar-refractivity contribution >= 4 is 39.1 Å². The molecule has 0 saturated heterocycles. The van der Waals surface area contributed by atoms with Crippen molar-refractivity contribution in [1.29, 1.82) is 0 Å². The SMILES string of the molecule is O=C(CCN=C1NS(=O)(=O)c2ccccc21)Nc1ccc(Cl)cc1. The Morgan fingerprint density at radius 1 is 1.12 bits per heavy atom. The van der Waals surface area contributed by atoms with Gasteiger partial charge in [-0.2, -0.15) is 0 Å². The molecule has 0 radical (unpaired) electrons. The van der Waals surface area contributed by atoms with Gasteiger partial charge in [0, 0.05) is 22.7 Å². The molecule has 0 fully saturated rings. The van der Waals surface area contributed by atoms with E-state index in [-0.39, 0.29) is 29.6 Å². The van der Waals surface area contributed by atoms with Gasteiger partial charge in [-0.3, -0.25) is 14.5 Å². The number of hydrogen-bond donors (Lipinski definition) is 2. The fourth-order valence-corrected chi connectivity index (χ4v) is 3.65. The quantitative estimate of drug-likeness (QED) is 0.874. The maximum atomic E-state index is 11.9. The van der Waals surface area contributed by atoms with Crippen LogP contribution in [0.1, 0.15) is 12.0 Å². The van der Waals surface area contributed by atoms with Crippen LogP contribution >= 0.6 is 11.6 Å². The van der Waals surface area contributed by atoms with Crippen LogP contribution in [0.15, 0.2) is 58.4 Å². The second-order valence-corrected chi connectivity index (χ2v) is 7.22. The van der Waals surface area contributed by atoms with Gasteiger partial charge in [-0.25, -0.2) is 8.42 Å². The largest absolute Gasteiger partial charge is 0.326 e. The van der Waals surface area contributed by atoms with Crippen LogP contribution in [0.3, 0.4) is 0 Å². The summed E-state index contributed by atoms with van der Waals surface area (Å²) in [5.41, 5.74) is 1.17. The number of amidine groups is 1. The van der Waals surface area contributed by atoms with E-state index in [4.69, 9.17) is 11.6 Å². The molecule has 24 heavy (non-hydrogen) atoms. The zero-order valence-electron chi connectivity index (χ0n) is 12.5. The van der Waals surface area contributed by atoms with Crippen molar-refractivity contribution in [3.05, 3.63) is 59.1 Å². The molecular weight excluding hydrogens is 350 g/mol. The molecule has 1 aliphatic heterocycles. The van der Waals surface area contributed by atoms with Crippen molar-refractivity contribution in [2.24, 2.45) is 4.99 Å². The minimum atomic E-state index is -3.55. The lowest BCUT2D eigenvalue weighted by molar-refractivity contribution is -0.116. The summed E-state index contributed by atoms with van der Waals surface area (Å²) in [6, 6.07) is 13.4. The average molecular weight is 364 g/mol. The topological polar surface area (TPSA) is 87.6 Å². The number of carbonyl (C=O) groups is 1. The fourth-order valence-electron chi connectivity index (χ4n) is 2.28. The zero-order chi connectivity index (χ0) is 17.2. The van der Waals surface area contributed by atoms with E-state index in [2.05, 4.69) is 15.0 Å². The lowest BCUT2D eigenvalue weighted by Gasteiger charge is -2.04. The normalized spacial score (nSPS) is 16.5. The molecule has 6 nitrogen and oxygen atoms in total. The zero-order valence-corrected chi connectivity index (χ0v) is 14.1. The van der Waals surface area contributed by atoms with Gasteiger partial charge in [0.15, 0.2) is 0 Å². The molecule has 1 amide bonds. The number of halogens is 1. The van der Waals surface area contributed by atoms with E-state index in [1.54, 1.807) is 42.5 Å². The molecule has 0 saturated carbocycles. The minimum absolute atomic E-state index is 0.135. The summed E-state index contributed by atoms with van der Waals surface area (Å²) in [6.45, 7) is 0.172. The van der Waals surface area contributed by atoms with Gasteiger partial charge < -0.3 is 5.32 Å². The van der Waals surface area contributed by atoms with Gasteiger partial charge in [-0.1, -0.05) is 23.7 Å². The molecule has 3 rings (SSSR count). The Kier molecular flexibility index (Phi) is 4.55. The van der Waals surface area contributed by atoms with Crippen LogP contribution in [-0.2, 0) is 14.8 Å². The van der Waals surface area contributed by atoms with Crippen molar-refractivity contribution in [2.75, 3.05) is 11.9 Å². The molecule has 2 aromatic carbocycles. The number of rotatable bonds is 4. The number of fused-ring (bicyclic) bond motifs is 1. The van der Waals surface area contributed by atoms with E-state index in [9.17, 15) is 13.2 Å². The van der Waals surface area contributed by atoms with E-state index in [1.165, 1.54) is 6.07 Å². The summed E-state index contributed by atoms with van der Waals surface area (Å²) in [5.74, 6) is 0.0562. The van der Waals surface area contributed by atoms with Gasteiger partial charge in [0.1, 0.15) is 5.84 Å². The monoisotopic (exact) mass is 363 g/mol. The van der Waals surface area contributed by atoms with Gasteiger partial charge >= 0.3 is 0 Å². The van der Waals surface area contributed by atoms with Gasteiger partial charge in [0.2, 0.25) is 5.91 Å². The second kappa shape index (κ2) is 6.62. The van der Waals surface area contributed by atoms with Crippen LogP contribution < -0.4 is 10.0 Å². The molecule has 1 aliphatic rings. The molecule has 0 aliphatic carbocycles. The maximum absolute atomic E-state index is 11.9. The standard InChI is InChI=1S/C16H14ClN3O3S/c17-11-5-7-12(8-6-11)19-15(21)9-10-18-16-13-3-1-2-4-14(13)24(22,23)20-16/h1-8H,9-10H2,(H,18,20)(H,19,21). The van der Waals surface area contributed by atoms with Crippen LogP contribution in [-0.4, -0.2) is 26.7 Å². The molecule has 2 N–H and O–H groups in total. The van der Waals surface area contributed by atoms with Gasteiger partial charge in [0.25, 0.3) is 10.0 Å². The van der Waals surface area contributed by atoms with Crippen molar-refractivity contribution in [3.63, 3.8) is 0 Å². The predicted octanol–water partition coefficient (Wildman–Crippen LogP) is 2.41. The van der Waals surface area contributed by atoms with E-state index in [1.807, 2.05) is 0 Å². The number of nitrogens with zero attached hydrogens (tertiary/aromatic N) is 1. The van der Waals surface area contributed by atoms with Gasteiger partial charge in [-0.15, -0.1) is 0 Å². The average Bonchev–Trinajstić information content (AvgIpc) is 2.81. The third-order valence-electron chi connectivity index (χ3n) is 3.40. The highest BCUT2D eigenvalue weighted by Crippen LogP contribution is 2.22. The summed E-state index contributed by atoms with van der Waals surface area (Å²) >= 11 is 5.78. The van der Waals surface area contributed by atoms with Crippen LogP contribution in [0.2, 0.25) is 5.02 Å². The van der Waals surface area contributed by atoms with E-state index < -0.39 is 10.0 Å². The Morgan fingerprint density at radius 2 is 1.83 bits per heavy atom. The smallest absolute Gasteiger partial charge is 0.263 e. The summed E-state index contributed by atoms with van der Waals surface area (Å²) in [4.78, 5) is 16.3. The summed E-state index contributed by atoms with van der Waals surface area (Å²) in [5, 5.41) is 3.31. The number of carbonyl (C=O) groups excluding carboxylic acids is 1. The molecule has 0 atom stereocenters. The number of nitrogens with one attached hydrogen (secondary N) is 2. The first-order valence-electron chi connectivity index (χ1n) is 7.18. The number of anilines is 1. The Bertz CT molecular complexity index is 908. The van der Waals surface area contributed by atoms with Crippen molar-refractivity contribution in [2.45, 2.75) is 11.3 Å². The van der Waals surface area contributed by atoms with Crippen LogP contribution in [0, 0.1) is 0 Å². The molecule has 8 heteroatoms. The molecular formula is C16H14ClN3O3S. The summed E-state index contributed by atoms with van der Waals surface area (Å²) < 4.78 is 26.3. The Hall–Kier alpha value is -2.38. The van der Waals surface area contributed by atoms with Crippen LogP contribution in [0.25, 0.3) is 0 Å². The van der Waals surface area contributed by atoms with E-state index >= 15 is 0 Å². The molecule has 0 spiro atoms. The van der Waals surface area contributed by atoms with E-state index in [0.29, 0.717) is 16.3 Å². The van der Waals surface area contributed by atoms with Gasteiger partial charge in [-0.05, 0) is 36.4 Å². The van der Waals surface area contributed by atoms with Crippen LogP contribution in [0.5, 0.6) is 0 Å².